The molecule has 1 saturated carbocycles. The summed E-state index contributed by atoms with van der Waals surface area (Å²) in [6, 6.07) is 0.294. The molecule has 0 bridgehead atoms. The Morgan fingerprint density at radius 3 is 2.89 bits per heavy atom. The fraction of sp³-hybridized carbons (Fsp3) is 0.692. The predicted octanol–water partition coefficient (Wildman–Crippen LogP) is 1.76. The van der Waals surface area contributed by atoms with Crippen molar-refractivity contribution in [1.82, 2.24) is 9.97 Å². The lowest BCUT2D eigenvalue weighted by molar-refractivity contribution is 0.178. The van der Waals surface area contributed by atoms with Crippen molar-refractivity contribution in [3.05, 3.63) is 11.9 Å². The first-order valence-electron chi connectivity index (χ1n) is 6.49. The van der Waals surface area contributed by atoms with Gasteiger partial charge < -0.3 is 15.2 Å². The van der Waals surface area contributed by atoms with Crippen LogP contribution in [0.3, 0.4) is 0 Å². The SMILES string of the molecule is COc1ncnc(NC2CCCCC2CO)c1C. The highest BCUT2D eigenvalue weighted by molar-refractivity contribution is 5.48. The molecule has 1 fully saturated rings. The highest BCUT2D eigenvalue weighted by Crippen LogP contribution is 2.28. The highest BCUT2D eigenvalue weighted by Gasteiger charge is 2.25. The molecular weight excluding hydrogens is 230 g/mol. The van der Waals surface area contributed by atoms with Gasteiger partial charge in [-0.05, 0) is 19.8 Å². The third-order valence-electron chi connectivity index (χ3n) is 3.70. The van der Waals surface area contributed by atoms with Crippen LogP contribution in [0.2, 0.25) is 0 Å². The molecule has 2 rings (SSSR count). The van der Waals surface area contributed by atoms with Gasteiger partial charge in [0.05, 0.1) is 12.7 Å². The molecule has 18 heavy (non-hydrogen) atoms. The molecule has 1 heterocycles. The van der Waals surface area contributed by atoms with Crippen LogP contribution in [-0.2, 0) is 0 Å². The molecule has 1 aliphatic carbocycles. The first-order valence-corrected chi connectivity index (χ1v) is 6.49. The van der Waals surface area contributed by atoms with E-state index < -0.39 is 0 Å². The molecule has 100 valence electrons. The number of aliphatic hydroxyl groups excluding tert-OH is 1. The summed E-state index contributed by atoms with van der Waals surface area (Å²) in [7, 11) is 1.61. The topological polar surface area (TPSA) is 67.3 Å². The zero-order valence-corrected chi connectivity index (χ0v) is 11.0. The summed E-state index contributed by atoms with van der Waals surface area (Å²) in [6.45, 7) is 2.18. The number of aliphatic hydroxyl groups is 1. The summed E-state index contributed by atoms with van der Waals surface area (Å²) in [5.41, 5.74) is 0.919. The summed E-state index contributed by atoms with van der Waals surface area (Å²) in [5, 5.41) is 12.8. The van der Waals surface area contributed by atoms with E-state index in [-0.39, 0.29) is 6.61 Å². The minimum absolute atomic E-state index is 0.235. The Morgan fingerprint density at radius 1 is 1.39 bits per heavy atom. The van der Waals surface area contributed by atoms with E-state index in [9.17, 15) is 5.11 Å². The number of aromatic nitrogens is 2. The molecule has 1 aromatic heterocycles. The first-order chi connectivity index (χ1) is 8.76. The van der Waals surface area contributed by atoms with Crippen LogP contribution in [0.5, 0.6) is 5.88 Å². The summed E-state index contributed by atoms with van der Waals surface area (Å²) in [6.07, 6.45) is 6.07. The van der Waals surface area contributed by atoms with Gasteiger partial charge in [-0.1, -0.05) is 12.8 Å². The van der Waals surface area contributed by atoms with Gasteiger partial charge in [-0.25, -0.2) is 9.97 Å². The number of hydrogen-bond acceptors (Lipinski definition) is 5. The second-order valence-electron chi connectivity index (χ2n) is 4.83. The van der Waals surface area contributed by atoms with Gasteiger partial charge in [0.2, 0.25) is 5.88 Å². The van der Waals surface area contributed by atoms with Crippen molar-refractivity contribution >= 4 is 5.82 Å². The molecule has 2 atom stereocenters. The number of rotatable bonds is 4. The lowest BCUT2D eigenvalue weighted by Gasteiger charge is -2.31. The molecule has 2 unspecified atom stereocenters. The van der Waals surface area contributed by atoms with Crippen molar-refractivity contribution in [2.45, 2.75) is 38.6 Å². The summed E-state index contributed by atoms with van der Waals surface area (Å²) in [5.74, 6) is 1.73. The standard InChI is InChI=1S/C13H21N3O2/c1-9-12(14-8-15-13(9)18-2)16-11-6-4-3-5-10(11)7-17/h8,10-11,17H,3-7H2,1-2H3,(H,14,15,16). The lowest BCUT2D eigenvalue weighted by Crippen LogP contribution is -2.34. The molecule has 5 heteroatoms. The summed E-state index contributed by atoms with van der Waals surface area (Å²) < 4.78 is 5.19. The van der Waals surface area contributed by atoms with Gasteiger partial charge in [0, 0.05) is 18.6 Å². The van der Waals surface area contributed by atoms with E-state index in [4.69, 9.17) is 4.74 Å². The van der Waals surface area contributed by atoms with Crippen LogP contribution in [0.15, 0.2) is 6.33 Å². The zero-order chi connectivity index (χ0) is 13.0. The second kappa shape index (κ2) is 6.00. The van der Waals surface area contributed by atoms with Gasteiger partial charge in [0.1, 0.15) is 12.1 Å². The highest BCUT2D eigenvalue weighted by atomic mass is 16.5. The van der Waals surface area contributed by atoms with E-state index in [1.165, 1.54) is 19.2 Å². The van der Waals surface area contributed by atoms with Crippen molar-refractivity contribution in [3.8, 4) is 5.88 Å². The van der Waals surface area contributed by atoms with Gasteiger partial charge in [-0.3, -0.25) is 0 Å². The molecule has 0 saturated heterocycles. The largest absolute Gasteiger partial charge is 0.481 e. The zero-order valence-electron chi connectivity index (χ0n) is 11.0. The van der Waals surface area contributed by atoms with Crippen LogP contribution in [0.1, 0.15) is 31.2 Å². The van der Waals surface area contributed by atoms with Crippen molar-refractivity contribution in [2.75, 3.05) is 19.0 Å². The van der Waals surface area contributed by atoms with Gasteiger partial charge in [-0.15, -0.1) is 0 Å². The number of nitrogens with zero attached hydrogens (tertiary/aromatic N) is 2. The third kappa shape index (κ3) is 2.72. The maximum Gasteiger partial charge on any atom is 0.221 e. The first kappa shape index (κ1) is 13.1. The van der Waals surface area contributed by atoms with Crippen LogP contribution in [0.4, 0.5) is 5.82 Å². The van der Waals surface area contributed by atoms with E-state index in [1.807, 2.05) is 6.92 Å². The molecule has 0 aromatic carbocycles. The Hall–Kier alpha value is -1.36. The van der Waals surface area contributed by atoms with E-state index in [1.54, 1.807) is 7.11 Å². The molecule has 1 aromatic rings. The van der Waals surface area contributed by atoms with E-state index in [0.29, 0.717) is 17.8 Å². The second-order valence-corrected chi connectivity index (χ2v) is 4.83. The minimum Gasteiger partial charge on any atom is -0.481 e. The Morgan fingerprint density at radius 2 is 2.17 bits per heavy atom. The monoisotopic (exact) mass is 251 g/mol. The van der Waals surface area contributed by atoms with E-state index in [2.05, 4.69) is 15.3 Å². The number of methoxy groups -OCH3 is 1. The summed E-state index contributed by atoms with van der Waals surface area (Å²) in [4.78, 5) is 8.33. The predicted molar refractivity (Wildman–Crippen MR) is 69.8 cm³/mol. The normalized spacial score (nSPS) is 23.7. The Balaban J connectivity index is 2.12. The van der Waals surface area contributed by atoms with Gasteiger partial charge in [0.25, 0.3) is 0 Å². The van der Waals surface area contributed by atoms with Crippen LogP contribution in [-0.4, -0.2) is 34.8 Å². The van der Waals surface area contributed by atoms with Gasteiger partial charge in [0.15, 0.2) is 0 Å². The smallest absolute Gasteiger partial charge is 0.221 e. The molecule has 5 nitrogen and oxygen atoms in total. The Bertz CT molecular complexity index is 398. The number of anilines is 1. The molecule has 0 radical (unpaired) electrons. The number of hydrogen-bond donors (Lipinski definition) is 2. The van der Waals surface area contributed by atoms with E-state index in [0.717, 1.165) is 24.2 Å². The van der Waals surface area contributed by atoms with Crippen LogP contribution in [0, 0.1) is 12.8 Å². The average Bonchev–Trinajstić information content (AvgIpc) is 2.42. The van der Waals surface area contributed by atoms with E-state index >= 15 is 0 Å². The summed E-state index contributed by atoms with van der Waals surface area (Å²) >= 11 is 0. The third-order valence-corrected chi connectivity index (χ3v) is 3.70. The maximum atomic E-state index is 9.41. The fourth-order valence-corrected chi connectivity index (χ4v) is 2.58. The van der Waals surface area contributed by atoms with Crippen LogP contribution >= 0.6 is 0 Å². The van der Waals surface area contributed by atoms with Gasteiger partial charge >= 0.3 is 0 Å². The molecule has 1 aliphatic rings. The van der Waals surface area contributed by atoms with Crippen molar-refractivity contribution < 1.29 is 9.84 Å². The molecular formula is C13H21N3O2. The van der Waals surface area contributed by atoms with Crippen molar-refractivity contribution in [2.24, 2.45) is 5.92 Å². The Kier molecular flexibility index (Phi) is 4.36. The van der Waals surface area contributed by atoms with Crippen LogP contribution < -0.4 is 10.1 Å². The van der Waals surface area contributed by atoms with Crippen molar-refractivity contribution in [1.29, 1.82) is 0 Å². The lowest BCUT2D eigenvalue weighted by atomic mass is 9.85. The Labute approximate surface area is 108 Å². The number of nitrogens with one attached hydrogen (secondary N) is 1. The van der Waals surface area contributed by atoms with Crippen LogP contribution in [0.25, 0.3) is 0 Å². The maximum absolute atomic E-state index is 9.41. The fourth-order valence-electron chi connectivity index (χ4n) is 2.58. The number of ether oxygens (including phenoxy) is 1. The van der Waals surface area contributed by atoms with Gasteiger partial charge in [-0.2, -0.15) is 0 Å². The quantitative estimate of drug-likeness (QED) is 0.853. The minimum atomic E-state index is 0.235. The molecule has 0 aliphatic heterocycles. The van der Waals surface area contributed by atoms with Crippen molar-refractivity contribution in [3.63, 3.8) is 0 Å². The average molecular weight is 251 g/mol. The molecule has 0 amide bonds. The molecule has 2 N–H and O–H groups in total. The molecule has 0 spiro atoms.